The van der Waals surface area contributed by atoms with Gasteiger partial charge in [-0.05, 0) is 19.3 Å². The van der Waals surface area contributed by atoms with Gasteiger partial charge >= 0.3 is 0 Å². The van der Waals surface area contributed by atoms with E-state index < -0.39 is 24.2 Å². The molecule has 1 amide bonds. The first-order valence-electron chi connectivity index (χ1n) is 17.5. The molecule has 0 aliphatic carbocycles. The van der Waals surface area contributed by atoms with E-state index >= 15 is 0 Å². The molecule has 5 heteroatoms. The van der Waals surface area contributed by atoms with Gasteiger partial charge in [-0.1, -0.05) is 174 Å². The van der Waals surface area contributed by atoms with Crippen LogP contribution >= 0.6 is 0 Å². The molecule has 40 heavy (non-hydrogen) atoms. The molecule has 0 rings (SSSR count). The largest absolute Gasteiger partial charge is 0.394 e. The average Bonchev–Trinajstić information content (AvgIpc) is 2.96. The summed E-state index contributed by atoms with van der Waals surface area (Å²) in [4.78, 5) is 12.3. The van der Waals surface area contributed by atoms with Gasteiger partial charge < -0.3 is 20.6 Å². The zero-order valence-corrected chi connectivity index (χ0v) is 26.7. The molecular formula is C35H69NO4. The van der Waals surface area contributed by atoms with E-state index in [4.69, 9.17) is 0 Å². The van der Waals surface area contributed by atoms with Gasteiger partial charge in [0, 0.05) is 0 Å². The number of rotatable bonds is 31. The zero-order chi connectivity index (χ0) is 29.5. The van der Waals surface area contributed by atoms with Gasteiger partial charge in [-0.15, -0.1) is 0 Å². The molecule has 0 bridgehead atoms. The van der Waals surface area contributed by atoms with Crippen LogP contribution in [0.2, 0.25) is 0 Å². The highest BCUT2D eigenvalue weighted by atomic mass is 16.3. The summed E-state index contributed by atoms with van der Waals surface area (Å²) in [6.07, 6.45) is 33.6. The first kappa shape index (κ1) is 39.1. The number of aliphatic hydroxyl groups is 3. The SMILES string of the molecule is CCCCCCCCCCCC/C=C/[C@@H](O)C(=O)N[C@@H](CO)[C@H](O)CCCCCCCCCCCCCCCC. The van der Waals surface area contributed by atoms with Crippen LogP contribution in [0, 0.1) is 0 Å². The molecule has 0 spiro atoms. The van der Waals surface area contributed by atoms with Crippen LogP contribution in [0.3, 0.4) is 0 Å². The predicted octanol–water partition coefficient (Wildman–Crippen LogP) is 8.92. The van der Waals surface area contributed by atoms with E-state index in [1.165, 1.54) is 141 Å². The Morgan fingerprint density at radius 1 is 0.600 bits per heavy atom. The summed E-state index contributed by atoms with van der Waals surface area (Å²) in [5, 5.41) is 32.9. The number of allylic oxidation sites excluding steroid dienone is 1. The Labute approximate surface area is 249 Å². The first-order chi connectivity index (χ1) is 19.6. The second-order valence-corrected chi connectivity index (χ2v) is 12.1. The van der Waals surface area contributed by atoms with Crippen molar-refractivity contribution in [2.24, 2.45) is 0 Å². The summed E-state index contributed by atoms with van der Waals surface area (Å²) in [5.74, 6) is -0.557. The Kier molecular flexibility index (Phi) is 30.3. The lowest BCUT2D eigenvalue weighted by molar-refractivity contribution is -0.129. The number of carbonyl (C=O) groups excluding carboxylic acids is 1. The highest BCUT2D eigenvalue weighted by molar-refractivity contribution is 5.82. The fraction of sp³-hybridized carbons (Fsp3) is 0.914. The van der Waals surface area contributed by atoms with Crippen molar-refractivity contribution >= 4 is 5.91 Å². The summed E-state index contributed by atoms with van der Waals surface area (Å²) in [6.45, 7) is 4.18. The second-order valence-electron chi connectivity index (χ2n) is 12.1. The average molecular weight is 568 g/mol. The van der Waals surface area contributed by atoms with Crippen molar-refractivity contribution in [3.63, 3.8) is 0 Å². The molecule has 0 aliphatic rings. The Morgan fingerprint density at radius 3 is 1.38 bits per heavy atom. The van der Waals surface area contributed by atoms with E-state index in [2.05, 4.69) is 19.2 Å². The third-order valence-corrected chi connectivity index (χ3v) is 8.15. The molecule has 0 saturated heterocycles. The Balaban J connectivity index is 3.75. The van der Waals surface area contributed by atoms with Crippen LogP contribution in [-0.4, -0.2) is 46.1 Å². The quantitative estimate of drug-likeness (QED) is 0.0497. The first-order valence-corrected chi connectivity index (χ1v) is 17.5. The van der Waals surface area contributed by atoms with Crippen molar-refractivity contribution in [3.05, 3.63) is 12.2 Å². The normalized spacial score (nSPS) is 14.0. The standard InChI is InChI=1S/C35H69NO4/c1-3-5-7-9-11-13-15-17-18-20-21-23-25-27-29-33(38)32(31-37)36-35(40)34(39)30-28-26-24-22-19-16-14-12-10-8-6-4-2/h28,30,32-34,37-39H,3-27,29,31H2,1-2H3,(H,36,40)/b30-28+/t32-,33+,34+/m0/s1. The molecule has 0 radical (unpaired) electrons. The zero-order valence-electron chi connectivity index (χ0n) is 26.7. The highest BCUT2D eigenvalue weighted by Gasteiger charge is 2.22. The van der Waals surface area contributed by atoms with Gasteiger partial charge in [0.25, 0.3) is 5.91 Å². The molecule has 0 aromatic carbocycles. The summed E-state index contributed by atoms with van der Waals surface area (Å²) in [7, 11) is 0. The van der Waals surface area contributed by atoms with E-state index in [9.17, 15) is 20.1 Å². The summed E-state index contributed by atoms with van der Waals surface area (Å²) in [6, 6.07) is -0.737. The second kappa shape index (κ2) is 31.0. The van der Waals surface area contributed by atoms with Crippen molar-refractivity contribution in [2.45, 2.75) is 199 Å². The van der Waals surface area contributed by atoms with Crippen molar-refractivity contribution in [2.75, 3.05) is 6.61 Å². The monoisotopic (exact) mass is 568 g/mol. The van der Waals surface area contributed by atoms with Gasteiger partial charge in [0.2, 0.25) is 0 Å². The molecule has 0 aromatic heterocycles. The Hall–Kier alpha value is -0.910. The molecule has 3 atom stereocenters. The topological polar surface area (TPSA) is 89.8 Å². The Morgan fingerprint density at radius 2 is 0.975 bits per heavy atom. The molecular weight excluding hydrogens is 498 g/mol. The van der Waals surface area contributed by atoms with Gasteiger partial charge in [-0.25, -0.2) is 0 Å². The summed E-state index contributed by atoms with van der Waals surface area (Å²) < 4.78 is 0. The third kappa shape index (κ3) is 26.0. The van der Waals surface area contributed by atoms with Crippen molar-refractivity contribution in [3.8, 4) is 0 Å². The van der Waals surface area contributed by atoms with Crippen LogP contribution in [0.4, 0.5) is 0 Å². The van der Waals surface area contributed by atoms with Crippen LogP contribution in [0.5, 0.6) is 0 Å². The number of nitrogens with one attached hydrogen (secondary N) is 1. The van der Waals surface area contributed by atoms with Gasteiger partial charge in [0.15, 0.2) is 6.10 Å². The van der Waals surface area contributed by atoms with E-state index in [1.807, 2.05) is 6.08 Å². The Bertz CT molecular complexity index is 554. The molecule has 0 heterocycles. The number of aliphatic hydroxyl groups excluding tert-OH is 3. The molecule has 0 aromatic rings. The van der Waals surface area contributed by atoms with Crippen LogP contribution in [-0.2, 0) is 4.79 Å². The van der Waals surface area contributed by atoms with E-state index in [1.54, 1.807) is 0 Å². The maximum absolute atomic E-state index is 12.3. The lowest BCUT2D eigenvalue weighted by Crippen LogP contribution is -2.49. The van der Waals surface area contributed by atoms with Gasteiger partial charge in [-0.3, -0.25) is 4.79 Å². The van der Waals surface area contributed by atoms with Crippen molar-refractivity contribution in [1.82, 2.24) is 5.32 Å². The minimum Gasteiger partial charge on any atom is -0.394 e. The van der Waals surface area contributed by atoms with E-state index in [0.717, 1.165) is 25.7 Å². The summed E-state index contributed by atoms with van der Waals surface area (Å²) in [5.41, 5.74) is 0. The number of unbranched alkanes of at least 4 members (excludes halogenated alkanes) is 23. The van der Waals surface area contributed by atoms with Crippen molar-refractivity contribution < 1.29 is 20.1 Å². The van der Waals surface area contributed by atoms with E-state index in [-0.39, 0.29) is 6.61 Å². The van der Waals surface area contributed by atoms with Crippen LogP contribution < -0.4 is 5.32 Å². The van der Waals surface area contributed by atoms with E-state index in [0.29, 0.717) is 6.42 Å². The molecule has 0 unspecified atom stereocenters. The smallest absolute Gasteiger partial charge is 0.253 e. The lowest BCUT2D eigenvalue weighted by atomic mass is 10.0. The molecule has 238 valence electrons. The number of carbonyl (C=O) groups is 1. The fourth-order valence-electron chi connectivity index (χ4n) is 5.34. The van der Waals surface area contributed by atoms with Crippen LogP contribution in [0.15, 0.2) is 12.2 Å². The van der Waals surface area contributed by atoms with Crippen molar-refractivity contribution in [1.29, 1.82) is 0 Å². The van der Waals surface area contributed by atoms with Crippen LogP contribution in [0.1, 0.15) is 181 Å². The van der Waals surface area contributed by atoms with Gasteiger partial charge in [0.1, 0.15) is 0 Å². The maximum atomic E-state index is 12.3. The minimum absolute atomic E-state index is 0.333. The molecule has 0 saturated carbocycles. The van der Waals surface area contributed by atoms with Crippen LogP contribution in [0.25, 0.3) is 0 Å². The molecule has 5 nitrogen and oxygen atoms in total. The number of hydrogen-bond acceptors (Lipinski definition) is 4. The van der Waals surface area contributed by atoms with Gasteiger partial charge in [-0.2, -0.15) is 0 Å². The third-order valence-electron chi connectivity index (χ3n) is 8.15. The predicted molar refractivity (Wildman–Crippen MR) is 172 cm³/mol. The molecule has 0 aliphatic heterocycles. The minimum atomic E-state index is -1.24. The maximum Gasteiger partial charge on any atom is 0.253 e. The lowest BCUT2D eigenvalue weighted by Gasteiger charge is -2.23. The summed E-state index contributed by atoms with van der Waals surface area (Å²) >= 11 is 0. The van der Waals surface area contributed by atoms with Gasteiger partial charge in [0.05, 0.1) is 18.8 Å². The number of hydrogen-bond donors (Lipinski definition) is 4. The molecule has 4 N–H and O–H groups in total. The highest BCUT2D eigenvalue weighted by Crippen LogP contribution is 2.15. The molecule has 0 fully saturated rings. The number of amides is 1. The fourth-order valence-corrected chi connectivity index (χ4v) is 5.34.